The number of thiazole rings is 1. The van der Waals surface area contributed by atoms with E-state index >= 15 is 0 Å². The van der Waals surface area contributed by atoms with Crippen LogP contribution in [-0.4, -0.2) is 10.9 Å². The number of rotatable bonds is 3. The monoisotopic (exact) mass is 254 g/mol. The highest BCUT2D eigenvalue weighted by molar-refractivity contribution is 7.22. The molecule has 5 heteroatoms. The fourth-order valence-electron chi connectivity index (χ4n) is 1.36. The first-order valence-electron chi connectivity index (χ1n) is 5.05. The van der Waals surface area contributed by atoms with E-state index in [1.807, 2.05) is 19.1 Å². The van der Waals surface area contributed by atoms with Crippen LogP contribution in [0.3, 0.4) is 0 Å². The molecule has 0 aliphatic carbocycles. The van der Waals surface area contributed by atoms with Crippen molar-refractivity contribution in [3.8, 4) is 0 Å². The zero-order chi connectivity index (χ0) is 11.5. The van der Waals surface area contributed by atoms with Crippen LogP contribution in [0.15, 0.2) is 18.2 Å². The van der Waals surface area contributed by atoms with Crippen molar-refractivity contribution in [2.75, 3.05) is 5.32 Å². The second-order valence-corrected chi connectivity index (χ2v) is 4.90. The number of aromatic nitrogens is 1. The molecule has 1 heterocycles. The van der Waals surface area contributed by atoms with Crippen molar-refractivity contribution < 1.29 is 4.79 Å². The van der Waals surface area contributed by atoms with E-state index in [1.54, 1.807) is 6.07 Å². The fourth-order valence-corrected chi connectivity index (χ4v) is 2.39. The SMILES string of the molecule is CCCC(=O)Nc1nc2cc(Cl)ccc2s1. The van der Waals surface area contributed by atoms with E-state index in [2.05, 4.69) is 10.3 Å². The number of nitrogens with zero attached hydrogens (tertiary/aromatic N) is 1. The minimum atomic E-state index is 0.00709. The standard InChI is InChI=1S/C11H11ClN2OS/c1-2-3-10(15)14-11-13-8-6-7(12)4-5-9(8)16-11/h4-6H,2-3H2,1H3,(H,13,14,15). The summed E-state index contributed by atoms with van der Waals surface area (Å²) in [5, 5.41) is 4.07. The van der Waals surface area contributed by atoms with Crippen molar-refractivity contribution >= 4 is 44.2 Å². The lowest BCUT2D eigenvalue weighted by atomic mass is 10.3. The molecule has 0 saturated heterocycles. The fraction of sp³-hybridized carbons (Fsp3) is 0.273. The van der Waals surface area contributed by atoms with Gasteiger partial charge in [0.2, 0.25) is 5.91 Å². The maximum Gasteiger partial charge on any atom is 0.226 e. The Morgan fingerprint density at radius 2 is 2.38 bits per heavy atom. The third-order valence-corrected chi connectivity index (χ3v) is 3.26. The summed E-state index contributed by atoms with van der Waals surface area (Å²) in [6.45, 7) is 1.97. The Hall–Kier alpha value is -1.13. The maximum absolute atomic E-state index is 11.4. The van der Waals surface area contributed by atoms with E-state index in [0.29, 0.717) is 16.6 Å². The molecule has 2 aromatic rings. The third kappa shape index (κ3) is 2.51. The smallest absolute Gasteiger partial charge is 0.226 e. The lowest BCUT2D eigenvalue weighted by Crippen LogP contribution is -2.09. The Balaban J connectivity index is 2.23. The van der Waals surface area contributed by atoms with Crippen molar-refractivity contribution in [2.45, 2.75) is 19.8 Å². The molecule has 2 rings (SSSR count). The first kappa shape index (κ1) is 11.4. The number of carbonyl (C=O) groups is 1. The summed E-state index contributed by atoms with van der Waals surface area (Å²) in [6, 6.07) is 5.52. The number of amides is 1. The molecule has 0 radical (unpaired) electrons. The predicted octanol–water partition coefficient (Wildman–Crippen LogP) is 3.69. The quantitative estimate of drug-likeness (QED) is 0.908. The molecule has 0 aliphatic heterocycles. The molecule has 1 N–H and O–H groups in total. The molecule has 84 valence electrons. The molecule has 0 atom stereocenters. The number of fused-ring (bicyclic) bond motifs is 1. The van der Waals surface area contributed by atoms with Crippen LogP contribution < -0.4 is 5.32 Å². The van der Waals surface area contributed by atoms with E-state index in [1.165, 1.54) is 11.3 Å². The van der Waals surface area contributed by atoms with Gasteiger partial charge in [-0.15, -0.1) is 0 Å². The number of hydrogen-bond acceptors (Lipinski definition) is 3. The van der Waals surface area contributed by atoms with Gasteiger partial charge in [0.05, 0.1) is 10.2 Å². The van der Waals surface area contributed by atoms with E-state index < -0.39 is 0 Å². The zero-order valence-electron chi connectivity index (χ0n) is 8.79. The normalized spacial score (nSPS) is 10.6. The predicted molar refractivity (Wildman–Crippen MR) is 68.2 cm³/mol. The van der Waals surface area contributed by atoms with Crippen LogP contribution in [0, 0.1) is 0 Å². The molecular formula is C11H11ClN2OS. The number of benzene rings is 1. The molecule has 0 fully saturated rings. The topological polar surface area (TPSA) is 42.0 Å². The number of nitrogens with one attached hydrogen (secondary N) is 1. The van der Waals surface area contributed by atoms with Gasteiger partial charge in [0.15, 0.2) is 5.13 Å². The van der Waals surface area contributed by atoms with Crippen LogP contribution in [0.2, 0.25) is 5.02 Å². The first-order chi connectivity index (χ1) is 7.69. The van der Waals surface area contributed by atoms with Crippen molar-refractivity contribution in [2.24, 2.45) is 0 Å². The van der Waals surface area contributed by atoms with Gasteiger partial charge in [-0.2, -0.15) is 0 Å². The molecule has 0 saturated carbocycles. The van der Waals surface area contributed by atoms with Crippen LogP contribution in [-0.2, 0) is 4.79 Å². The zero-order valence-corrected chi connectivity index (χ0v) is 10.4. The molecular weight excluding hydrogens is 244 g/mol. The number of halogens is 1. The van der Waals surface area contributed by atoms with Crippen LogP contribution in [0.1, 0.15) is 19.8 Å². The Morgan fingerprint density at radius 3 is 3.12 bits per heavy atom. The average molecular weight is 255 g/mol. The van der Waals surface area contributed by atoms with Gasteiger partial charge in [-0.05, 0) is 24.6 Å². The Kier molecular flexibility index (Phi) is 3.41. The Morgan fingerprint density at radius 1 is 1.56 bits per heavy atom. The highest BCUT2D eigenvalue weighted by atomic mass is 35.5. The maximum atomic E-state index is 11.4. The summed E-state index contributed by atoms with van der Waals surface area (Å²) in [5.41, 5.74) is 0.823. The summed E-state index contributed by atoms with van der Waals surface area (Å²) in [4.78, 5) is 15.7. The van der Waals surface area contributed by atoms with Crippen LogP contribution >= 0.6 is 22.9 Å². The molecule has 0 bridgehead atoms. The first-order valence-corrected chi connectivity index (χ1v) is 6.24. The average Bonchev–Trinajstić information content (AvgIpc) is 2.59. The molecule has 1 aromatic carbocycles. The number of carbonyl (C=O) groups excluding carboxylic acids is 1. The van der Waals surface area contributed by atoms with E-state index in [-0.39, 0.29) is 5.91 Å². The van der Waals surface area contributed by atoms with Crippen molar-refractivity contribution in [1.82, 2.24) is 4.98 Å². The van der Waals surface area contributed by atoms with Crippen molar-refractivity contribution in [3.63, 3.8) is 0 Å². The molecule has 0 unspecified atom stereocenters. The van der Waals surface area contributed by atoms with Gasteiger partial charge in [0.25, 0.3) is 0 Å². The lowest BCUT2D eigenvalue weighted by Gasteiger charge is -1.97. The van der Waals surface area contributed by atoms with Gasteiger partial charge in [0, 0.05) is 11.4 Å². The van der Waals surface area contributed by atoms with Crippen molar-refractivity contribution in [3.05, 3.63) is 23.2 Å². The Labute approximate surface area is 102 Å². The van der Waals surface area contributed by atoms with Gasteiger partial charge in [-0.1, -0.05) is 29.9 Å². The minimum absolute atomic E-state index is 0.00709. The summed E-state index contributed by atoms with van der Waals surface area (Å²) >= 11 is 7.32. The second kappa shape index (κ2) is 4.80. The second-order valence-electron chi connectivity index (χ2n) is 3.43. The third-order valence-electron chi connectivity index (χ3n) is 2.07. The van der Waals surface area contributed by atoms with E-state index in [4.69, 9.17) is 11.6 Å². The van der Waals surface area contributed by atoms with Gasteiger partial charge in [0.1, 0.15) is 0 Å². The molecule has 0 aliphatic rings. The molecule has 1 amide bonds. The van der Waals surface area contributed by atoms with E-state index in [0.717, 1.165) is 16.6 Å². The van der Waals surface area contributed by atoms with Gasteiger partial charge in [-0.25, -0.2) is 4.98 Å². The minimum Gasteiger partial charge on any atom is -0.302 e. The summed E-state index contributed by atoms with van der Waals surface area (Å²) in [6.07, 6.45) is 1.36. The largest absolute Gasteiger partial charge is 0.302 e. The highest BCUT2D eigenvalue weighted by Gasteiger charge is 2.07. The van der Waals surface area contributed by atoms with Crippen LogP contribution in [0.5, 0.6) is 0 Å². The van der Waals surface area contributed by atoms with Crippen molar-refractivity contribution in [1.29, 1.82) is 0 Å². The van der Waals surface area contributed by atoms with Crippen LogP contribution in [0.4, 0.5) is 5.13 Å². The molecule has 16 heavy (non-hydrogen) atoms. The summed E-state index contributed by atoms with van der Waals surface area (Å²) in [7, 11) is 0. The van der Waals surface area contributed by atoms with Gasteiger partial charge < -0.3 is 5.32 Å². The summed E-state index contributed by atoms with van der Waals surface area (Å²) in [5.74, 6) is 0.00709. The highest BCUT2D eigenvalue weighted by Crippen LogP contribution is 2.27. The number of anilines is 1. The number of hydrogen-bond donors (Lipinski definition) is 1. The lowest BCUT2D eigenvalue weighted by molar-refractivity contribution is -0.116. The summed E-state index contributed by atoms with van der Waals surface area (Å²) < 4.78 is 1.02. The van der Waals surface area contributed by atoms with Gasteiger partial charge >= 0.3 is 0 Å². The molecule has 0 spiro atoms. The molecule has 1 aromatic heterocycles. The molecule has 3 nitrogen and oxygen atoms in total. The van der Waals surface area contributed by atoms with E-state index in [9.17, 15) is 4.79 Å². The Bertz CT molecular complexity index is 524. The van der Waals surface area contributed by atoms with Crippen LogP contribution in [0.25, 0.3) is 10.2 Å². The van der Waals surface area contributed by atoms with Gasteiger partial charge in [-0.3, -0.25) is 4.79 Å².